The van der Waals surface area contributed by atoms with E-state index in [4.69, 9.17) is 11.6 Å². The first kappa shape index (κ1) is 18.5. The van der Waals surface area contributed by atoms with Crippen LogP contribution in [0.25, 0.3) is 0 Å². The van der Waals surface area contributed by atoms with Gasteiger partial charge in [-0.3, -0.25) is 4.79 Å². The Kier molecular flexibility index (Phi) is 3.81. The zero-order valence-corrected chi connectivity index (χ0v) is 16.0. The molecule has 0 bridgehead atoms. The second-order valence-electron chi connectivity index (χ2n) is 8.34. The number of amides is 1. The number of anilines is 1. The van der Waals surface area contributed by atoms with E-state index in [0.29, 0.717) is 43.5 Å². The summed E-state index contributed by atoms with van der Waals surface area (Å²) in [6.07, 6.45) is 2.83. The standard InChI is InChI=1S/C21H17ClF2N2O3/c22-10-7-12(23)16(13(24)8-10)11-9-20(11)3-5-21(6-4-20)17-14(26-19(21)29)1-2-15(25-17)18(27)28/h1-2,7-8,11H,3-6,9H2,(H,26,29)(H,27,28). The Bertz CT molecular complexity index is 1060. The van der Waals surface area contributed by atoms with Crippen LogP contribution in [0.3, 0.4) is 0 Å². The van der Waals surface area contributed by atoms with Crippen molar-refractivity contribution in [3.05, 3.63) is 57.9 Å². The van der Waals surface area contributed by atoms with Gasteiger partial charge in [0.15, 0.2) is 0 Å². The highest BCUT2D eigenvalue weighted by molar-refractivity contribution is 6.30. The topological polar surface area (TPSA) is 79.3 Å². The molecular formula is C21H17ClF2N2O3. The van der Waals surface area contributed by atoms with Crippen LogP contribution in [0.5, 0.6) is 0 Å². The van der Waals surface area contributed by atoms with E-state index in [1.54, 1.807) is 6.07 Å². The van der Waals surface area contributed by atoms with Crippen molar-refractivity contribution < 1.29 is 23.5 Å². The molecule has 1 atom stereocenters. The molecule has 1 unspecified atom stereocenters. The number of aromatic carboxylic acids is 1. The third kappa shape index (κ3) is 2.60. The third-order valence-electron chi connectivity index (χ3n) is 6.93. The number of hydrogen-bond donors (Lipinski definition) is 2. The maximum absolute atomic E-state index is 14.4. The number of pyridine rings is 1. The van der Waals surface area contributed by atoms with Crippen LogP contribution < -0.4 is 5.32 Å². The van der Waals surface area contributed by atoms with Gasteiger partial charge in [0.2, 0.25) is 5.91 Å². The van der Waals surface area contributed by atoms with Gasteiger partial charge in [0, 0.05) is 10.6 Å². The normalized spacial score (nSPS) is 29.8. The molecule has 5 nitrogen and oxygen atoms in total. The van der Waals surface area contributed by atoms with Crippen molar-refractivity contribution in [3.63, 3.8) is 0 Å². The van der Waals surface area contributed by atoms with Crippen LogP contribution in [-0.2, 0) is 10.2 Å². The minimum absolute atomic E-state index is 0.0283. The highest BCUT2D eigenvalue weighted by atomic mass is 35.5. The van der Waals surface area contributed by atoms with E-state index in [9.17, 15) is 23.5 Å². The third-order valence-corrected chi connectivity index (χ3v) is 7.15. The van der Waals surface area contributed by atoms with Crippen LogP contribution in [0, 0.1) is 17.0 Å². The number of carbonyl (C=O) groups excluding carboxylic acids is 1. The Balaban J connectivity index is 1.43. The number of halogens is 3. The number of nitrogens with one attached hydrogen (secondary N) is 1. The monoisotopic (exact) mass is 418 g/mol. The minimum Gasteiger partial charge on any atom is -0.477 e. The highest BCUT2D eigenvalue weighted by Crippen LogP contribution is 2.69. The van der Waals surface area contributed by atoms with Crippen molar-refractivity contribution in [2.75, 3.05) is 5.32 Å². The van der Waals surface area contributed by atoms with Gasteiger partial charge in [-0.05, 0) is 67.7 Å². The van der Waals surface area contributed by atoms with Gasteiger partial charge in [0.25, 0.3) is 0 Å². The lowest BCUT2D eigenvalue weighted by atomic mass is 9.66. The van der Waals surface area contributed by atoms with Gasteiger partial charge >= 0.3 is 5.97 Å². The van der Waals surface area contributed by atoms with Crippen molar-refractivity contribution in [1.82, 2.24) is 4.98 Å². The summed E-state index contributed by atoms with van der Waals surface area (Å²) >= 11 is 5.73. The summed E-state index contributed by atoms with van der Waals surface area (Å²) in [5, 5.41) is 12.1. The number of nitrogens with zero attached hydrogens (tertiary/aromatic N) is 1. The maximum Gasteiger partial charge on any atom is 0.354 e. The molecule has 1 aromatic carbocycles. The molecule has 2 saturated carbocycles. The average molecular weight is 419 g/mol. The van der Waals surface area contributed by atoms with Gasteiger partial charge in [0.1, 0.15) is 17.3 Å². The van der Waals surface area contributed by atoms with Gasteiger partial charge in [-0.2, -0.15) is 0 Å². The molecule has 1 amide bonds. The Morgan fingerprint density at radius 1 is 1.17 bits per heavy atom. The average Bonchev–Trinajstić information content (AvgIpc) is 3.26. The molecule has 2 N–H and O–H groups in total. The molecule has 2 fully saturated rings. The molecule has 0 radical (unpaired) electrons. The van der Waals surface area contributed by atoms with Crippen LogP contribution in [-0.4, -0.2) is 22.0 Å². The lowest BCUT2D eigenvalue weighted by Crippen LogP contribution is -2.39. The van der Waals surface area contributed by atoms with Gasteiger partial charge in [0.05, 0.1) is 16.8 Å². The van der Waals surface area contributed by atoms with E-state index in [0.717, 1.165) is 12.1 Å². The summed E-state index contributed by atoms with van der Waals surface area (Å²) in [4.78, 5) is 28.3. The van der Waals surface area contributed by atoms with Crippen molar-refractivity contribution in [2.24, 2.45) is 5.41 Å². The molecule has 2 heterocycles. The Morgan fingerprint density at radius 3 is 2.45 bits per heavy atom. The Hall–Kier alpha value is -2.54. The van der Waals surface area contributed by atoms with Crippen LogP contribution in [0.1, 0.15) is 59.8 Å². The smallest absolute Gasteiger partial charge is 0.354 e. The van der Waals surface area contributed by atoms with E-state index in [1.165, 1.54) is 6.07 Å². The molecule has 8 heteroatoms. The molecule has 150 valence electrons. The van der Waals surface area contributed by atoms with E-state index in [1.807, 2.05) is 0 Å². The quantitative estimate of drug-likeness (QED) is 0.744. The summed E-state index contributed by atoms with van der Waals surface area (Å²) < 4.78 is 28.7. The molecular weight excluding hydrogens is 402 g/mol. The van der Waals surface area contributed by atoms with Crippen molar-refractivity contribution in [3.8, 4) is 0 Å². The predicted molar refractivity (Wildman–Crippen MR) is 101 cm³/mol. The molecule has 2 spiro atoms. The molecule has 2 aromatic rings. The molecule has 0 saturated heterocycles. The van der Waals surface area contributed by atoms with Gasteiger partial charge in [-0.25, -0.2) is 18.6 Å². The number of carbonyl (C=O) groups is 2. The van der Waals surface area contributed by atoms with Crippen molar-refractivity contribution in [1.29, 1.82) is 0 Å². The number of carboxylic acid groups (broad SMARTS) is 1. The lowest BCUT2D eigenvalue weighted by Gasteiger charge is -2.36. The molecule has 29 heavy (non-hydrogen) atoms. The van der Waals surface area contributed by atoms with Gasteiger partial charge in [-0.1, -0.05) is 11.6 Å². The van der Waals surface area contributed by atoms with Gasteiger partial charge in [-0.15, -0.1) is 0 Å². The van der Waals surface area contributed by atoms with E-state index >= 15 is 0 Å². The summed E-state index contributed by atoms with van der Waals surface area (Å²) in [5.41, 5.74) is -0.136. The number of fused-ring (bicyclic) bond motifs is 2. The Labute approximate surface area is 170 Å². The number of hydrogen-bond acceptors (Lipinski definition) is 3. The van der Waals surface area contributed by atoms with Crippen LogP contribution in [0.15, 0.2) is 24.3 Å². The first-order chi connectivity index (χ1) is 13.8. The first-order valence-electron chi connectivity index (χ1n) is 9.46. The number of aromatic nitrogens is 1. The van der Waals surface area contributed by atoms with Gasteiger partial charge < -0.3 is 10.4 Å². The van der Waals surface area contributed by atoms with Crippen LogP contribution in [0.2, 0.25) is 5.02 Å². The van der Waals surface area contributed by atoms with E-state index in [-0.39, 0.29) is 33.5 Å². The van der Waals surface area contributed by atoms with E-state index < -0.39 is 23.0 Å². The minimum atomic E-state index is -1.15. The second-order valence-corrected chi connectivity index (χ2v) is 8.77. The summed E-state index contributed by atoms with van der Waals surface area (Å²) in [6, 6.07) is 5.21. The molecule has 1 aliphatic heterocycles. The number of carboxylic acids is 1. The number of benzene rings is 1. The summed E-state index contributed by atoms with van der Waals surface area (Å²) in [7, 11) is 0. The molecule has 3 aliphatic rings. The predicted octanol–water partition coefficient (Wildman–Crippen LogP) is 4.65. The zero-order chi connectivity index (χ0) is 20.6. The highest BCUT2D eigenvalue weighted by Gasteiger charge is 2.62. The zero-order valence-electron chi connectivity index (χ0n) is 15.3. The fourth-order valence-electron chi connectivity index (χ4n) is 5.23. The largest absolute Gasteiger partial charge is 0.477 e. The fraction of sp³-hybridized carbons (Fsp3) is 0.381. The van der Waals surface area contributed by atoms with Crippen molar-refractivity contribution >= 4 is 29.2 Å². The second kappa shape index (κ2) is 5.98. The first-order valence-corrected chi connectivity index (χ1v) is 9.84. The van der Waals surface area contributed by atoms with E-state index in [2.05, 4.69) is 10.3 Å². The van der Waals surface area contributed by atoms with Crippen LogP contribution >= 0.6 is 11.6 Å². The SMILES string of the molecule is O=C(O)c1ccc2c(n1)C1(CCC3(CC1)CC3c1c(F)cc(Cl)cc1F)C(=O)N2. The molecule has 1 aromatic heterocycles. The van der Waals surface area contributed by atoms with Crippen molar-refractivity contribution in [2.45, 2.75) is 43.4 Å². The number of rotatable bonds is 2. The Morgan fingerprint density at radius 2 is 1.83 bits per heavy atom. The van der Waals surface area contributed by atoms with Crippen LogP contribution in [0.4, 0.5) is 14.5 Å². The summed E-state index contributed by atoms with van der Waals surface area (Å²) in [6.45, 7) is 0. The lowest BCUT2D eigenvalue weighted by molar-refractivity contribution is -0.122. The maximum atomic E-state index is 14.4. The summed E-state index contributed by atoms with van der Waals surface area (Å²) in [5.74, 6) is -2.83. The fourth-order valence-corrected chi connectivity index (χ4v) is 5.42. The molecule has 2 aliphatic carbocycles. The molecule has 5 rings (SSSR count).